The topological polar surface area (TPSA) is 57.3 Å². The van der Waals surface area contributed by atoms with Crippen LogP contribution in [0.4, 0.5) is 0 Å². The van der Waals surface area contributed by atoms with Gasteiger partial charge >= 0.3 is 0 Å². The Morgan fingerprint density at radius 1 is 1.11 bits per heavy atom. The Morgan fingerprint density at radius 3 is 2.64 bits per heavy atom. The molecule has 0 fully saturated rings. The second kappa shape index (κ2) is 7.19. The average Bonchev–Trinajstić information content (AvgIpc) is 3.26. The van der Waals surface area contributed by atoms with Gasteiger partial charge in [0.25, 0.3) is 0 Å². The van der Waals surface area contributed by atoms with Gasteiger partial charge in [0, 0.05) is 5.39 Å². The molecule has 0 radical (unpaired) electrons. The Morgan fingerprint density at radius 2 is 1.89 bits per heavy atom. The third kappa shape index (κ3) is 3.11. The summed E-state index contributed by atoms with van der Waals surface area (Å²) in [5.74, 6) is 1.16. The summed E-state index contributed by atoms with van der Waals surface area (Å²) in [7, 11) is 1.60. The van der Waals surface area contributed by atoms with E-state index in [-0.39, 0.29) is 5.78 Å². The molecule has 0 amide bonds. The number of aryl methyl sites for hydroxylation is 1. The molecule has 0 saturated heterocycles. The Bertz CT molecular complexity index is 1180. The van der Waals surface area contributed by atoms with E-state index in [9.17, 15) is 4.79 Å². The van der Waals surface area contributed by atoms with Gasteiger partial charge in [-0.3, -0.25) is 4.79 Å². The minimum absolute atomic E-state index is 0.107. The van der Waals surface area contributed by atoms with E-state index < -0.39 is 0 Å². The molecule has 2 heterocycles. The van der Waals surface area contributed by atoms with E-state index in [1.807, 2.05) is 68.4 Å². The maximum absolute atomic E-state index is 12.8. The van der Waals surface area contributed by atoms with E-state index >= 15 is 0 Å². The van der Waals surface area contributed by atoms with Crippen molar-refractivity contribution in [1.82, 2.24) is 9.78 Å². The van der Waals surface area contributed by atoms with Gasteiger partial charge < -0.3 is 9.15 Å². The van der Waals surface area contributed by atoms with Gasteiger partial charge in [-0.05, 0) is 50.3 Å². The number of rotatable bonds is 5. The maximum Gasteiger partial charge on any atom is 0.189 e. The first-order valence-corrected chi connectivity index (χ1v) is 8.99. The number of methoxy groups -OCH3 is 1. The van der Waals surface area contributed by atoms with E-state index in [1.54, 1.807) is 17.9 Å². The fraction of sp³-hybridized carbons (Fsp3) is 0.130. The smallest absolute Gasteiger partial charge is 0.189 e. The van der Waals surface area contributed by atoms with Crippen molar-refractivity contribution in [1.29, 1.82) is 0 Å². The third-order valence-electron chi connectivity index (χ3n) is 4.68. The summed E-state index contributed by atoms with van der Waals surface area (Å²) in [6.45, 7) is 3.75. The molecule has 2 aromatic heterocycles. The van der Waals surface area contributed by atoms with E-state index in [2.05, 4.69) is 5.10 Å². The molecule has 0 aliphatic heterocycles. The summed E-state index contributed by atoms with van der Waals surface area (Å²) in [6, 6.07) is 17.3. The molecule has 0 atom stereocenters. The lowest BCUT2D eigenvalue weighted by molar-refractivity contribution is 0.104. The minimum Gasteiger partial charge on any atom is -0.493 e. The monoisotopic (exact) mass is 372 g/mol. The lowest BCUT2D eigenvalue weighted by Gasteiger charge is -2.03. The summed E-state index contributed by atoms with van der Waals surface area (Å²) < 4.78 is 12.9. The van der Waals surface area contributed by atoms with Gasteiger partial charge in [-0.15, -0.1) is 0 Å². The van der Waals surface area contributed by atoms with Gasteiger partial charge in [0.05, 0.1) is 29.7 Å². The molecule has 4 aromatic rings. The van der Waals surface area contributed by atoms with E-state index in [0.29, 0.717) is 28.4 Å². The molecule has 0 aliphatic carbocycles. The summed E-state index contributed by atoms with van der Waals surface area (Å²) in [5, 5.41) is 5.46. The number of furan rings is 1. The second-order valence-corrected chi connectivity index (χ2v) is 6.52. The predicted octanol–water partition coefficient (Wildman–Crippen LogP) is 5.14. The molecule has 2 aromatic carbocycles. The Kier molecular flexibility index (Phi) is 4.57. The molecular weight excluding hydrogens is 352 g/mol. The van der Waals surface area contributed by atoms with Crippen LogP contribution in [0.25, 0.3) is 22.7 Å². The van der Waals surface area contributed by atoms with Gasteiger partial charge in [0.1, 0.15) is 5.76 Å². The van der Waals surface area contributed by atoms with Crippen LogP contribution in [0, 0.1) is 13.8 Å². The van der Waals surface area contributed by atoms with Crippen molar-refractivity contribution in [2.24, 2.45) is 0 Å². The molecule has 0 aliphatic rings. The van der Waals surface area contributed by atoms with Gasteiger partial charge in [-0.25, -0.2) is 4.68 Å². The zero-order valence-corrected chi connectivity index (χ0v) is 16.0. The Labute approximate surface area is 162 Å². The van der Waals surface area contributed by atoms with Crippen molar-refractivity contribution in [3.05, 3.63) is 83.4 Å². The summed E-state index contributed by atoms with van der Waals surface area (Å²) in [4.78, 5) is 12.8. The number of ether oxygens (including phenoxy) is 1. The van der Waals surface area contributed by atoms with E-state index in [0.717, 1.165) is 16.8 Å². The van der Waals surface area contributed by atoms with Crippen LogP contribution in [0.2, 0.25) is 0 Å². The normalized spacial score (nSPS) is 11.4. The van der Waals surface area contributed by atoms with Crippen molar-refractivity contribution in [3.8, 4) is 11.4 Å². The quantitative estimate of drug-likeness (QED) is 0.359. The van der Waals surface area contributed by atoms with Gasteiger partial charge in [0.15, 0.2) is 17.1 Å². The molecule has 0 unspecified atom stereocenters. The number of benzene rings is 2. The SMILES string of the molecule is COc1cccc2cc(C=CC(=O)c3c(C)nn(-c4ccccc4)c3C)oc12. The highest BCUT2D eigenvalue weighted by atomic mass is 16.5. The lowest BCUT2D eigenvalue weighted by atomic mass is 10.1. The van der Waals surface area contributed by atoms with Crippen LogP contribution in [0.15, 0.2) is 65.1 Å². The first kappa shape index (κ1) is 17.8. The fourth-order valence-corrected chi connectivity index (χ4v) is 3.36. The highest BCUT2D eigenvalue weighted by Gasteiger charge is 2.17. The summed E-state index contributed by atoms with van der Waals surface area (Å²) in [5.41, 5.74) is 3.71. The summed E-state index contributed by atoms with van der Waals surface area (Å²) >= 11 is 0. The van der Waals surface area contributed by atoms with Crippen molar-refractivity contribution in [2.45, 2.75) is 13.8 Å². The highest BCUT2D eigenvalue weighted by molar-refractivity contribution is 6.08. The van der Waals surface area contributed by atoms with Crippen molar-refractivity contribution in [3.63, 3.8) is 0 Å². The van der Waals surface area contributed by atoms with Crippen LogP contribution in [0.1, 0.15) is 27.5 Å². The zero-order valence-electron chi connectivity index (χ0n) is 16.0. The highest BCUT2D eigenvalue weighted by Crippen LogP contribution is 2.29. The molecular formula is C23H20N2O3. The first-order valence-electron chi connectivity index (χ1n) is 8.99. The van der Waals surface area contributed by atoms with Crippen LogP contribution >= 0.6 is 0 Å². The Balaban J connectivity index is 1.65. The van der Waals surface area contributed by atoms with Crippen molar-refractivity contribution >= 4 is 22.8 Å². The van der Waals surface area contributed by atoms with E-state index in [4.69, 9.17) is 9.15 Å². The number of ketones is 1. The molecule has 5 nitrogen and oxygen atoms in total. The molecule has 140 valence electrons. The lowest BCUT2D eigenvalue weighted by Crippen LogP contribution is -2.01. The molecule has 0 bridgehead atoms. The number of para-hydroxylation sites is 2. The number of allylic oxidation sites excluding steroid dienone is 1. The van der Waals surface area contributed by atoms with Gasteiger partial charge in [-0.2, -0.15) is 5.10 Å². The van der Waals surface area contributed by atoms with Gasteiger partial charge in [-0.1, -0.05) is 30.3 Å². The molecule has 5 heteroatoms. The Hall–Kier alpha value is -3.60. The van der Waals surface area contributed by atoms with Crippen LogP contribution < -0.4 is 4.74 Å². The summed E-state index contributed by atoms with van der Waals surface area (Å²) in [6.07, 6.45) is 3.21. The second-order valence-electron chi connectivity index (χ2n) is 6.52. The number of hydrogen-bond donors (Lipinski definition) is 0. The molecule has 0 spiro atoms. The minimum atomic E-state index is -0.107. The number of nitrogens with zero attached hydrogens (tertiary/aromatic N) is 2. The standard InChI is InChI=1S/C23H20N2O3/c1-15-22(16(2)25(24-15)18-9-5-4-6-10-18)20(26)13-12-19-14-17-8-7-11-21(27-3)23(17)28-19/h4-14H,1-3H3. The predicted molar refractivity (Wildman–Crippen MR) is 109 cm³/mol. The third-order valence-corrected chi connectivity index (χ3v) is 4.68. The number of aromatic nitrogens is 2. The van der Waals surface area contributed by atoms with Crippen LogP contribution in [0.5, 0.6) is 5.75 Å². The van der Waals surface area contributed by atoms with Crippen LogP contribution in [0.3, 0.4) is 0 Å². The molecule has 28 heavy (non-hydrogen) atoms. The van der Waals surface area contributed by atoms with Crippen LogP contribution in [-0.4, -0.2) is 22.7 Å². The fourth-order valence-electron chi connectivity index (χ4n) is 3.36. The van der Waals surface area contributed by atoms with Gasteiger partial charge in [0.2, 0.25) is 0 Å². The van der Waals surface area contributed by atoms with E-state index in [1.165, 1.54) is 6.08 Å². The number of carbonyl (C=O) groups is 1. The van der Waals surface area contributed by atoms with Crippen LogP contribution in [-0.2, 0) is 0 Å². The average molecular weight is 372 g/mol. The number of fused-ring (bicyclic) bond motifs is 1. The number of carbonyl (C=O) groups excluding carboxylic acids is 1. The maximum atomic E-state index is 12.8. The van der Waals surface area contributed by atoms with Crippen molar-refractivity contribution in [2.75, 3.05) is 7.11 Å². The van der Waals surface area contributed by atoms with Crippen molar-refractivity contribution < 1.29 is 13.9 Å². The number of hydrogen-bond acceptors (Lipinski definition) is 4. The largest absolute Gasteiger partial charge is 0.493 e. The molecule has 0 saturated carbocycles. The first-order chi connectivity index (χ1) is 13.6. The molecule has 4 rings (SSSR count). The zero-order chi connectivity index (χ0) is 19.7. The molecule has 0 N–H and O–H groups in total.